The van der Waals surface area contributed by atoms with Gasteiger partial charge in [-0.2, -0.15) is 0 Å². The number of aromatic nitrogens is 2. The molecule has 0 spiro atoms. The molecule has 1 aromatic heterocycles. The Balaban J connectivity index is 1.23. The number of hydrogen-bond donors (Lipinski definition) is 2. The van der Waals surface area contributed by atoms with Crippen LogP contribution in [0, 0.1) is 0 Å². The number of rotatable bonds is 19. The maximum atomic E-state index is 6.49. The summed E-state index contributed by atoms with van der Waals surface area (Å²) in [5.41, 5.74) is 8.54. The highest BCUT2D eigenvalue weighted by atomic mass is 15.3. The zero-order chi connectivity index (χ0) is 26.0. The number of nitrogens with zero attached hydrogens (tertiary/aromatic N) is 4. The molecule has 6 heteroatoms. The average molecular weight is 509 g/mol. The van der Waals surface area contributed by atoms with E-state index >= 15 is 0 Å². The molecule has 1 aromatic carbocycles. The molecule has 1 fully saturated rings. The van der Waals surface area contributed by atoms with Gasteiger partial charge < -0.3 is 16.0 Å². The highest BCUT2D eigenvalue weighted by molar-refractivity contribution is 5.75. The lowest BCUT2D eigenvalue weighted by atomic mass is 10.0. The first-order valence-corrected chi connectivity index (χ1v) is 15.1. The van der Waals surface area contributed by atoms with Crippen molar-refractivity contribution in [2.24, 2.45) is 0 Å². The first-order chi connectivity index (χ1) is 18.3. The van der Waals surface area contributed by atoms with E-state index < -0.39 is 0 Å². The van der Waals surface area contributed by atoms with Crippen molar-refractivity contribution in [2.75, 3.05) is 48.7 Å². The van der Waals surface area contributed by atoms with Crippen molar-refractivity contribution >= 4 is 17.3 Å². The van der Waals surface area contributed by atoms with Crippen LogP contribution >= 0.6 is 0 Å². The average Bonchev–Trinajstić information content (AvgIpc) is 2.93. The molecule has 2 heterocycles. The Kier molecular flexibility index (Phi) is 14.2. The second kappa shape index (κ2) is 18.0. The zero-order valence-electron chi connectivity index (χ0n) is 23.5. The lowest BCUT2D eigenvalue weighted by Gasteiger charge is -2.36. The molecule has 3 rings (SSSR count). The van der Waals surface area contributed by atoms with E-state index in [0.717, 1.165) is 57.3 Å². The van der Waals surface area contributed by atoms with Gasteiger partial charge in [0.15, 0.2) is 11.6 Å². The van der Waals surface area contributed by atoms with Gasteiger partial charge in [-0.15, -0.1) is 0 Å². The second-order valence-electron chi connectivity index (χ2n) is 10.7. The maximum absolute atomic E-state index is 6.49. The van der Waals surface area contributed by atoms with Crippen LogP contribution in [0.4, 0.5) is 17.3 Å². The van der Waals surface area contributed by atoms with E-state index in [1.54, 1.807) is 6.33 Å². The molecule has 0 atom stereocenters. The van der Waals surface area contributed by atoms with Crippen LogP contribution in [0.15, 0.2) is 36.7 Å². The van der Waals surface area contributed by atoms with Crippen molar-refractivity contribution in [1.29, 1.82) is 0 Å². The largest absolute Gasteiger partial charge is 0.393 e. The summed E-state index contributed by atoms with van der Waals surface area (Å²) in [6.07, 6.45) is 20.9. The van der Waals surface area contributed by atoms with E-state index in [9.17, 15) is 0 Å². The Morgan fingerprint density at radius 1 is 0.730 bits per heavy atom. The molecule has 2 aromatic rings. The van der Waals surface area contributed by atoms with E-state index in [2.05, 4.69) is 62.3 Å². The first-order valence-electron chi connectivity index (χ1n) is 15.1. The first kappa shape index (κ1) is 29.2. The maximum Gasteiger partial charge on any atom is 0.157 e. The quantitative estimate of drug-likeness (QED) is 0.194. The van der Waals surface area contributed by atoms with Crippen LogP contribution in [-0.2, 0) is 6.54 Å². The predicted octanol–water partition coefficient (Wildman–Crippen LogP) is 7.27. The summed E-state index contributed by atoms with van der Waals surface area (Å²) in [4.78, 5) is 13.7. The molecule has 0 bridgehead atoms. The van der Waals surface area contributed by atoms with Gasteiger partial charge in [0, 0.05) is 39.3 Å². The summed E-state index contributed by atoms with van der Waals surface area (Å²) in [6.45, 7) is 8.11. The van der Waals surface area contributed by atoms with E-state index in [1.807, 2.05) is 0 Å². The van der Waals surface area contributed by atoms with E-state index in [-0.39, 0.29) is 0 Å². The van der Waals surface area contributed by atoms with Gasteiger partial charge >= 0.3 is 0 Å². The summed E-state index contributed by atoms with van der Waals surface area (Å²) in [6, 6.07) is 10.7. The number of nitrogen functional groups attached to an aromatic ring is 1. The van der Waals surface area contributed by atoms with E-state index in [4.69, 9.17) is 5.73 Å². The van der Waals surface area contributed by atoms with Crippen molar-refractivity contribution in [3.05, 3.63) is 42.2 Å². The Hall–Kier alpha value is -2.34. The minimum atomic E-state index is 0.685. The van der Waals surface area contributed by atoms with E-state index in [0.29, 0.717) is 5.69 Å². The van der Waals surface area contributed by atoms with Gasteiger partial charge in [0.25, 0.3) is 0 Å². The smallest absolute Gasteiger partial charge is 0.157 e. The number of nitrogens with two attached hydrogens (primary N) is 1. The van der Waals surface area contributed by atoms with E-state index in [1.165, 1.54) is 89.0 Å². The summed E-state index contributed by atoms with van der Waals surface area (Å²) in [5, 5.41) is 3.46. The number of nitrogens with one attached hydrogen (secondary N) is 1. The minimum absolute atomic E-state index is 0.685. The van der Waals surface area contributed by atoms with Crippen molar-refractivity contribution in [3.8, 4) is 0 Å². The van der Waals surface area contributed by atoms with Gasteiger partial charge in [0.1, 0.15) is 12.0 Å². The van der Waals surface area contributed by atoms with Gasteiger partial charge in [-0.05, 0) is 12.0 Å². The van der Waals surface area contributed by atoms with Crippen molar-refractivity contribution < 1.29 is 0 Å². The van der Waals surface area contributed by atoms with Crippen LogP contribution < -0.4 is 16.0 Å². The topological polar surface area (TPSA) is 70.3 Å². The third kappa shape index (κ3) is 11.3. The fourth-order valence-electron chi connectivity index (χ4n) is 5.26. The molecule has 6 nitrogen and oxygen atoms in total. The minimum Gasteiger partial charge on any atom is -0.393 e. The molecule has 3 N–H and O–H groups in total. The normalized spacial score (nSPS) is 14.2. The van der Waals surface area contributed by atoms with Crippen LogP contribution in [-0.4, -0.2) is 47.6 Å². The van der Waals surface area contributed by atoms with Gasteiger partial charge in [-0.25, -0.2) is 9.97 Å². The monoisotopic (exact) mass is 508 g/mol. The number of unbranched alkanes of at least 4 members (excludes halogenated alkanes) is 13. The SMILES string of the molecule is CCCCCCCCCCCCCCCCNc1ncnc(N2CCN(Cc3ccccc3)CC2)c1N. The van der Waals surface area contributed by atoms with Crippen molar-refractivity contribution in [3.63, 3.8) is 0 Å². The highest BCUT2D eigenvalue weighted by Crippen LogP contribution is 2.27. The number of anilines is 3. The molecule has 206 valence electrons. The molecule has 1 aliphatic heterocycles. The molecule has 0 unspecified atom stereocenters. The Morgan fingerprint density at radius 3 is 1.89 bits per heavy atom. The van der Waals surface area contributed by atoms with Crippen molar-refractivity contribution in [1.82, 2.24) is 14.9 Å². The molecule has 1 aliphatic rings. The van der Waals surface area contributed by atoms with Gasteiger partial charge in [0.2, 0.25) is 0 Å². The fraction of sp³-hybridized carbons (Fsp3) is 0.677. The van der Waals surface area contributed by atoms with Gasteiger partial charge in [0.05, 0.1) is 0 Å². The third-order valence-electron chi connectivity index (χ3n) is 7.61. The number of benzene rings is 1. The van der Waals surface area contributed by atoms with Crippen molar-refractivity contribution in [2.45, 2.75) is 103 Å². The molecule has 0 amide bonds. The highest BCUT2D eigenvalue weighted by Gasteiger charge is 2.21. The van der Waals surface area contributed by atoms with Crippen LogP contribution in [0.5, 0.6) is 0 Å². The van der Waals surface area contributed by atoms with Crippen LogP contribution in [0.1, 0.15) is 102 Å². The molecule has 1 saturated heterocycles. The predicted molar refractivity (Wildman–Crippen MR) is 159 cm³/mol. The lowest BCUT2D eigenvalue weighted by molar-refractivity contribution is 0.249. The Labute approximate surface area is 226 Å². The molecule has 0 radical (unpaired) electrons. The molecule has 0 saturated carbocycles. The standard InChI is InChI=1S/C31H52N6/c1-2-3-4-5-6-7-8-9-10-11-12-13-14-18-21-33-30-29(32)31(35-27-34-30)37-24-22-36(23-25-37)26-28-19-16-15-17-20-28/h15-17,19-20,27H,2-14,18,21-26,32H2,1H3,(H,33,34,35). The summed E-state index contributed by atoms with van der Waals surface area (Å²) in [7, 11) is 0. The van der Waals surface area contributed by atoms with Crippen LogP contribution in [0.2, 0.25) is 0 Å². The molecule has 0 aliphatic carbocycles. The third-order valence-corrected chi connectivity index (χ3v) is 7.61. The molecular formula is C31H52N6. The number of piperazine rings is 1. The Morgan fingerprint density at radius 2 is 1.30 bits per heavy atom. The van der Waals surface area contributed by atoms with Crippen LogP contribution in [0.3, 0.4) is 0 Å². The summed E-state index contributed by atoms with van der Waals surface area (Å²) >= 11 is 0. The zero-order valence-corrected chi connectivity index (χ0v) is 23.5. The Bertz CT molecular complexity index is 835. The fourth-order valence-corrected chi connectivity index (χ4v) is 5.26. The summed E-state index contributed by atoms with van der Waals surface area (Å²) in [5.74, 6) is 1.66. The molecule has 37 heavy (non-hydrogen) atoms. The number of hydrogen-bond acceptors (Lipinski definition) is 6. The van der Waals surface area contributed by atoms with Gasteiger partial charge in [-0.1, -0.05) is 121 Å². The second-order valence-corrected chi connectivity index (χ2v) is 10.7. The lowest BCUT2D eigenvalue weighted by Crippen LogP contribution is -2.46. The molecular weight excluding hydrogens is 456 g/mol. The van der Waals surface area contributed by atoms with Gasteiger partial charge in [-0.3, -0.25) is 4.90 Å². The summed E-state index contributed by atoms with van der Waals surface area (Å²) < 4.78 is 0. The van der Waals surface area contributed by atoms with Crippen LogP contribution in [0.25, 0.3) is 0 Å².